The number of rotatable bonds is 5. The lowest BCUT2D eigenvalue weighted by Crippen LogP contribution is -2.36. The number of anilines is 2. The molecule has 1 saturated carbocycles. The van der Waals surface area contributed by atoms with E-state index in [0.717, 1.165) is 37.1 Å². The first-order chi connectivity index (χ1) is 9.97. The molecular weight excluding hydrogens is 264 g/mol. The van der Waals surface area contributed by atoms with Gasteiger partial charge in [0.25, 0.3) is 0 Å². The second kappa shape index (κ2) is 7.03. The molecule has 1 aliphatic carbocycles. The molecule has 4 N–H and O–H groups in total. The molecule has 1 aliphatic rings. The van der Waals surface area contributed by atoms with Crippen LogP contribution in [0.15, 0.2) is 18.2 Å². The van der Waals surface area contributed by atoms with Crippen LogP contribution in [0.4, 0.5) is 11.4 Å². The van der Waals surface area contributed by atoms with Crippen LogP contribution in [-0.4, -0.2) is 23.4 Å². The van der Waals surface area contributed by atoms with Gasteiger partial charge >= 0.3 is 0 Å². The van der Waals surface area contributed by atoms with Gasteiger partial charge in [-0.3, -0.25) is 0 Å². The Balaban J connectivity index is 2.00. The third-order valence-electron chi connectivity index (χ3n) is 3.96. The smallest absolute Gasteiger partial charge is 0.123 e. The highest BCUT2D eigenvalue weighted by molar-refractivity contribution is 5.59. The van der Waals surface area contributed by atoms with E-state index in [1.165, 1.54) is 12.8 Å². The summed E-state index contributed by atoms with van der Waals surface area (Å²) in [7, 11) is 0. The molecule has 118 valence electrons. The zero-order valence-electron chi connectivity index (χ0n) is 13.2. The van der Waals surface area contributed by atoms with Gasteiger partial charge in [-0.15, -0.1) is 0 Å². The SMILES string of the molecule is CC(C)Oc1cc(N)cc(NCC2(O)CCCCCC2)c1. The molecule has 1 aromatic carbocycles. The Morgan fingerprint density at radius 1 is 1.19 bits per heavy atom. The normalized spacial score (nSPS) is 18.3. The number of benzene rings is 1. The van der Waals surface area contributed by atoms with Crippen molar-refractivity contribution in [1.29, 1.82) is 0 Å². The summed E-state index contributed by atoms with van der Waals surface area (Å²) in [5, 5.41) is 14.0. The molecule has 0 aromatic heterocycles. The average Bonchev–Trinajstić information content (AvgIpc) is 2.61. The Labute approximate surface area is 127 Å². The highest BCUT2D eigenvalue weighted by Gasteiger charge is 2.27. The number of nitrogens with two attached hydrogens (primary N) is 1. The van der Waals surface area contributed by atoms with E-state index in [4.69, 9.17) is 10.5 Å². The molecule has 0 saturated heterocycles. The van der Waals surface area contributed by atoms with Crippen molar-refractivity contribution >= 4 is 11.4 Å². The van der Waals surface area contributed by atoms with Gasteiger partial charge in [-0.25, -0.2) is 0 Å². The van der Waals surface area contributed by atoms with E-state index in [0.29, 0.717) is 12.2 Å². The van der Waals surface area contributed by atoms with Crippen LogP contribution in [0, 0.1) is 0 Å². The van der Waals surface area contributed by atoms with Gasteiger partial charge in [0.15, 0.2) is 0 Å². The molecule has 4 heteroatoms. The number of hydrogen-bond acceptors (Lipinski definition) is 4. The average molecular weight is 292 g/mol. The molecule has 0 amide bonds. The van der Waals surface area contributed by atoms with Gasteiger partial charge in [0, 0.05) is 30.1 Å². The Kier molecular flexibility index (Phi) is 5.34. The maximum atomic E-state index is 10.7. The summed E-state index contributed by atoms with van der Waals surface area (Å²) in [4.78, 5) is 0. The summed E-state index contributed by atoms with van der Waals surface area (Å²) in [6.07, 6.45) is 6.54. The topological polar surface area (TPSA) is 67.5 Å². The fourth-order valence-corrected chi connectivity index (χ4v) is 2.89. The van der Waals surface area contributed by atoms with Gasteiger partial charge in [-0.1, -0.05) is 25.7 Å². The van der Waals surface area contributed by atoms with Crippen molar-refractivity contribution in [2.75, 3.05) is 17.6 Å². The maximum Gasteiger partial charge on any atom is 0.123 e. The molecule has 0 atom stereocenters. The Hall–Kier alpha value is -1.42. The van der Waals surface area contributed by atoms with Gasteiger partial charge in [-0.2, -0.15) is 0 Å². The zero-order valence-corrected chi connectivity index (χ0v) is 13.2. The number of nitrogen functional groups attached to an aromatic ring is 1. The Morgan fingerprint density at radius 2 is 1.86 bits per heavy atom. The third-order valence-corrected chi connectivity index (χ3v) is 3.96. The van der Waals surface area contributed by atoms with E-state index in [-0.39, 0.29) is 6.10 Å². The summed E-state index contributed by atoms with van der Waals surface area (Å²) < 4.78 is 5.69. The summed E-state index contributed by atoms with van der Waals surface area (Å²) in [6, 6.07) is 5.65. The van der Waals surface area contributed by atoms with Crippen LogP contribution in [0.2, 0.25) is 0 Å². The highest BCUT2D eigenvalue weighted by Crippen LogP contribution is 2.29. The summed E-state index contributed by atoms with van der Waals surface area (Å²) in [5.74, 6) is 0.764. The van der Waals surface area contributed by atoms with Crippen LogP contribution in [0.5, 0.6) is 5.75 Å². The first-order valence-electron chi connectivity index (χ1n) is 8.00. The first kappa shape index (κ1) is 16.0. The molecule has 0 unspecified atom stereocenters. The summed E-state index contributed by atoms with van der Waals surface area (Å²) in [5.41, 5.74) is 6.90. The highest BCUT2D eigenvalue weighted by atomic mass is 16.5. The van der Waals surface area contributed by atoms with Crippen molar-refractivity contribution in [3.8, 4) is 5.75 Å². The first-order valence-corrected chi connectivity index (χ1v) is 8.00. The van der Waals surface area contributed by atoms with Gasteiger partial charge in [0.1, 0.15) is 5.75 Å². The minimum absolute atomic E-state index is 0.116. The van der Waals surface area contributed by atoms with Gasteiger partial charge < -0.3 is 20.9 Å². The number of hydrogen-bond donors (Lipinski definition) is 3. The minimum Gasteiger partial charge on any atom is -0.491 e. The van der Waals surface area contributed by atoms with Gasteiger partial charge in [0.2, 0.25) is 0 Å². The van der Waals surface area contributed by atoms with E-state index < -0.39 is 5.60 Å². The fourth-order valence-electron chi connectivity index (χ4n) is 2.89. The molecule has 0 heterocycles. The van der Waals surface area contributed by atoms with E-state index in [2.05, 4.69) is 5.32 Å². The minimum atomic E-state index is -0.597. The standard InChI is InChI=1S/C17H28N2O2/c1-13(2)21-16-10-14(18)9-15(11-16)19-12-17(20)7-5-3-4-6-8-17/h9-11,13,19-20H,3-8,12,18H2,1-2H3. The van der Waals surface area contributed by atoms with E-state index in [1.54, 1.807) is 0 Å². The molecule has 0 radical (unpaired) electrons. The molecule has 0 bridgehead atoms. The monoisotopic (exact) mass is 292 g/mol. The fraction of sp³-hybridized carbons (Fsp3) is 0.647. The molecule has 1 aromatic rings. The van der Waals surface area contributed by atoms with Crippen molar-refractivity contribution in [3.05, 3.63) is 18.2 Å². The van der Waals surface area contributed by atoms with Crippen LogP contribution in [0.3, 0.4) is 0 Å². The summed E-state index contributed by atoms with van der Waals surface area (Å²) >= 11 is 0. The van der Waals surface area contributed by atoms with Crippen molar-refractivity contribution in [2.24, 2.45) is 0 Å². The maximum absolute atomic E-state index is 10.7. The molecule has 21 heavy (non-hydrogen) atoms. The molecular formula is C17H28N2O2. The van der Waals surface area contributed by atoms with Crippen LogP contribution in [-0.2, 0) is 0 Å². The van der Waals surface area contributed by atoms with Gasteiger partial charge in [0.05, 0.1) is 11.7 Å². The quantitative estimate of drug-likeness (QED) is 0.573. The molecule has 0 spiro atoms. The molecule has 4 nitrogen and oxygen atoms in total. The molecule has 2 rings (SSSR count). The largest absolute Gasteiger partial charge is 0.491 e. The third kappa shape index (κ3) is 5.12. The lowest BCUT2D eigenvalue weighted by molar-refractivity contribution is 0.0381. The van der Waals surface area contributed by atoms with Crippen LogP contribution >= 0.6 is 0 Å². The predicted molar refractivity (Wildman–Crippen MR) is 87.8 cm³/mol. The number of nitrogens with one attached hydrogen (secondary N) is 1. The second-order valence-electron chi connectivity index (χ2n) is 6.45. The predicted octanol–water partition coefficient (Wildman–Crippen LogP) is 3.55. The lowest BCUT2D eigenvalue weighted by Gasteiger charge is -2.27. The van der Waals surface area contributed by atoms with Crippen LogP contribution < -0.4 is 15.8 Å². The summed E-state index contributed by atoms with van der Waals surface area (Å²) in [6.45, 7) is 4.55. The number of aliphatic hydroxyl groups is 1. The van der Waals surface area contributed by atoms with Crippen molar-refractivity contribution in [1.82, 2.24) is 0 Å². The Bertz CT molecular complexity index is 452. The molecule has 0 aliphatic heterocycles. The van der Waals surface area contributed by atoms with Crippen molar-refractivity contribution in [3.63, 3.8) is 0 Å². The van der Waals surface area contributed by atoms with Crippen molar-refractivity contribution in [2.45, 2.75) is 64.1 Å². The zero-order chi connectivity index (χ0) is 15.3. The number of ether oxygens (including phenoxy) is 1. The van der Waals surface area contributed by atoms with Crippen LogP contribution in [0.1, 0.15) is 52.4 Å². The van der Waals surface area contributed by atoms with E-state index in [1.807, 2.05) is 32.0 Å². The Morgan fingerprint density at radius 3 is 2.48 bits per heavy atom. The lowest BCUT2D eigenvalue weighted by atomic mass is 9.94. The van der Waals surface area contributed by atoms with E-state index >= 15 is 0 Å². The van der Waals surface area contributed by atoms with Crippen molar-refractivity contribution < 1.29 is 9.84 Å². The van der Waals surface area contributed by atoms with E-state index in [9.17, 15) is 5.11 Å². The molecule has 1 fully saturated rings. The van der Waals surface area contributed by atoms with Crippen LogP contribution in [0.25, 0.3) is 0 Å². The van der Waals surface area contributed by atoms with Gasteiger partial charge in [-0.05, 0) is 32.8 Å². The second-order valence-corrected chi connectivity index (χ2v) is 6.45.